The van der Waals surface area contributed by atoms with Gasteiger partial charge in [-0.2, -0.15) is 0 Å². The standard InChI is InChI=1S/C19H24N4O5S/c1-2-28-19(26)20-14-8-6-7-13(11-14)15-12-29-18(21-15)22-16(24)9-4-3-5-10-17(25)23-27/h6-8,11-12,27H,2-5,9-10H2,1H3,(H,20,26)(H,23,25)(H,21,22,24). The summed E-state index contributed by atoms with van der Waals surface area (Å²) in [4.78, 5) is 38.9. The first-order valence-corrected chi connectivity index (χ1v) is 10.1. The maximum absolute atomic E-state index is 12.0. The van der Waals surface area contributed by atoms with Gasteiger partial charge < -0.3 is 10.1 Å². The summed E-state index contributed by atoms with van der Waals surface area (Å²) in [7, 11) is 0. The van der Waals surface area contributed by atoms with Crippen LogP contribution in [0.1, 0.15) is 39.0 Å². The Hall–Kier alpha value is -2.98. The van der Waals surface area contributed by atoms with Crippen molar-refractivity contribution in [2.24, 2.45) is 0 Å². The molecule has 156 valence electrons. The molecule has 0 aliphatic heterocycles. The molecular weight excluding hydrogens is 396 g/mol. The fraction of sp³-hybridized carbons (Fsp3) is 0.368. The van der Waals surface area contributed by atoms with Gasteiger partial charge in [0.25, 0.3) is 0 Å². The third-order valence-corrected chi connectivity index (χ3v) is 4.62. The molecule has 0 saturated heterocycles. The zero-order chi connectivity index (χ0) is 21.1. The molecule has 3 amide bonds. The maximum Gasteiger partial charge on any atom is 0.411 e. The van der Waals surface area contributed by atoms with Crippen molar-refractivity contribution in [3.05, 3.63) is 29.6 Å². The van der Waals surface area contributed by atoms with Crippen molar-refractivity contribution in [3.8, 4) is 11.3 Å². The Balaban J connectivity index is 1.83. The SMILES string of the molecule is CCOC(=O)Nc1cccc(-c2csc(NC(=O)CCCCCC(=O)NO)n2)c1. The Morgan fingerprint density at radius 3 is 2.59 bits per heavy atom. The number of benzene rings is 1. The number of rotatable bonds is 10. The van der Waals surface area contributed by atoms with Crippen molar-refractivity contribution in [2.75, 3.05) is 17.2 Å². The second-order valence-electron chi connectivity index (χ2n) is 6.11. The smallest absolute Gasteiger partial charge is 0.411 e. The number of hydroxylamine groups is 1. The molecule has 2 aromatic rings. The quantitative estimate of drug-likeness (QED) is 0.263. The number of carbonyl (C=O) groups is 3. The minimum absolute atomic E-state index is 0.143. The van der Waals surface area contributed by atoms with Gasteiger partial charge in [-0.15, -0.1) is 11.3 Å². The van der Waals surface area contributed by atoms with Crippen LogP contribution in [-0.4, -0.2) is 34.7 Å². The molecule has 1 aromatic heterocycles. The van der Waals surface area contributed by atoms with Gasteiger partial charge in [0.05, 0.1) is 12.3 Å². The summed E-state index contributed by atoms with van der Waals surface area (Å²) in [5.41, 5.74) is 3.66. The van der Waals surface area contributed by atoms with Gasteiger partial charge in [-0.25, -0.2) is 15.3 Å². The van der Waals surface area contributed by atoms with Crippen molar-refractivity contribution in [1.29, 1.82) is 0 Å². The Labute approximate surface area is 172 Å². The number of nitrogens with one attached hydrogen (secondary N) is 3. The van der Waals surface area contributed by atoms with Gasteiger partial charge >= 0.3 is 6.09 Å². The molecule has 9 nitrogen and oxygen atoms in total. The number of amides is 3. The Morgan fingerprint density at radius 1 is 1.10 bits per heavy atom. The molecule has 10 heteroatoms. The number of anilines is 2. The van der Waals surface area contributed by atoms with E-state index in [1.165, 1.54) is 11.3 Å². The number of aromatic nitrogens is 1. The second kappa shape index (κ2) is 11.8. The summed E-state index contributed by atoms with van der Waals surface area (Å²) >= 11 is 1.32. The molecule has 0 atom stereocenters. The Morgan fingerprint density at radius 2 is 1.86 bits per heavy atom. The van der Waals surface area contributed by atoms with Gasteiger partial charge in [0.1, 0.15) is 0 Å². The van der Waals surface area contributed by atoms with Crippen LogP contribution < -0.4 is 16.1 Å². The molecule has 29 heavy (non-hydrogen) atoms. The molecule has 0 bridgehead atoms. The molecule has 0 saturated carbocycles. The summed E-state index contributed by atoms with van der Waals surface area (Å²) in [6, 6.07) is 7.19. The molecule has 0 fully saturated rings. The van der Waals surface area contributed by atoms with E-state index < -0.39 is 12.0 Å². The average Bonchev–Trinajstić information content (AvgIpc) is 3.16. The van der Waals surface area contributed by atoms with E-state index in [1.54, 1.807) is 30.6 Å². The van der Waals surface area contributed by atoms with E-state index in [4.69, 9.17) is 9.94 Å². The van der Waals surface area contributed by atoms with Crippen molar-refractivity contribution in [1.82, 2.24) is 10.5 Å². The lowest BCUT2D eigenvalue weighted by Crippen LogP contribution is -2.17. The van der Waals surface area contributed by atoms with E-state index in [1.807, 2.05) is 11.4 Å². The summed E-state index contributed by atoms with van der Waals surface area (Å²) in [6.45, 7) is 2.02. The topological polar surface area (TPSA) is 130 Å². The molecule has 0 unspecified atom stereocenters. The highest BCUT2D eigenvalue weighted by Crippen LogP contribution is 2.27. The molecule has 4 N–H and O–H groups in total. The van der Waals surface area contributed by atoms with Crippen molar-refractivity contribution >= 4 is 40.1 Å². The van der Waals surface area contributed by atoms with E-state index in [9.17, 15) is 14.4 Å². The normalized spacial score (nSPS) is 10.3. The van der Waals surface area contributed by atoms with Crippen LogP contribution in [0.4, 0.5) is 15.6 Å². The highest BCUT2D eigenvalue weighted by molar-refractivity contribution is 7.14. The van der Waals surface area contributed by atoms with E-state index in [2.05, 4.69) is 15.6 Å². The van der Waals surface area contributed by atoms with Crippen molar-refractivity contribution in [3.63, 3.8) is 0 Å². The summed E-state index contributed by atoms with van der Waals surface area (Å²) in [6.07, 6.45) is 2.01. The van der Waals surface area contributed by atoms with Crippen LogP contribution in [-0.2, 0) is 14.3 Å². The highest BCUT2D eigenvalue weighted by atomic mass is 32.1. The maximum atomic E-state index is 12.0. The minimum Gasteiger partial charge on any atom is -0.450 e. The molecule has 0 aliphatic rings. The van der Waals surface area contributed by atoms with Crippen LogP contribution in [0.15, 0.2) is 29.6 Å². The highest BCUT2D eigenvalue weighted by Gasteiger charge is 2.10. The third-order valence-electron chi connectivity index (χ3n) is 3.86. The molecule has 2 rings (SSSR count). The molecule has 0 aliphatic carbocycles. The predicted molar refractivity (Wildman–Crippen MR) is 110 cm³/mol. The van der Waals surface area contributed by atoms with Crippen molar-refractivity contribution in [2.45, 2.75) is 39.0 Å². The van der Waals surface area contributed by atoms with Gasteiger partial charge in [0.2, 0.25) is 11.8 Å². The predicted octanol–water partition coefficient (Wildman–Crippen LogP) is 3.77. The number of thiazole rings is 1. The first kappa shape index (κ1) is 22.3. The van der Waals surface area contributed by atoms with Crippen LogP contribution in [0.2, 0.25) is 0 Å². The van der Waals surface area contributed by atoms with Gasteiger partial charge in [-0.1, -0.05) is 18.6 Å². The summed E-state index contributed by atoms with van der Waals surface area (Å²) in [5.74, 6) is -0.568. The summed E-state index contributed by atoms with van der Waals surface area (Å²) in [5, 5.41) is 16.1. The lowest BCUT2D eigenvalue weighted by atomic mass is 10.1. The van der Waals surface area contributed by atoms with Gasteiger partial charge in [-0.05, 0) is 31.9 Å². The first-order valence-electron chi connectivity index (χ1n) is 9.24. The molecule has 0 spiro atoms. The number of unbranched alkanes of at least 4 members (excludes halogenated alkanes) is 2. The third kappa shape index (κ3) is 7.88. The number of hydrogen-bond acceptors (Lipinski definition) is 7. The second-order valence-corrected chi connectivity index (χ2v) is 6.97. The van der Waals surface area contributed by atoms with Crippen LogP contribution in [0.3, 0.4) is 0 Å². The van der Waals surface area contributed by atoms with E-state index >= 15 is 0 Å². The van der Waals surface area contributed by atoms with Crippen LogP contribution >= 0.6 is 11.3 Å². The average molecular weight is 420 g/mol. The number of ether oxygens (including phenoxy) is 1. The van der Waals surface area contributed by atoms with Gasteiger partial charge in [-0.3, -0.25) is 20.1 Å². The number of nitrogens with zero attached hydrogens (tertiary/aromatic N) is 1. The van der Waals surface area contributed by atoms with Gasteiger partial charge in [0, 0.05) is 29.5 Å². The lowest BCUT2D eigenvalue weighted by Gasteiger charge is -2.06. The first-order chi connectivity index (χ1) is 14.0. The fourth-order valence-corrected chi connectivity index (χ4v) is 3.23. The Kier molecular flexibility index (Phi) is 9.06. The largest absolute Gasteiger partial charge is 0.450 e. The van der Waals surface area contributed by atoms with E-state index in [-0.39, 0.29) is 12.3 Å². The van der Waals surface area contributed by atoms with Gasteiger partial charge in [0.15, 0.2) is 5.13 Å². The zero-order valence-electron chi connectivity index (χ0n) is 16.1. The van der Waals surface area contributed by atoms with Crippen molar-refractivity contribution < 1.29 is 24.3 Å². The minimum atomic E-state index is -0.520. The van der Waals surface area contributed by atoms with E-state index in [0.717, 1.165) is 5.56 Å². The number of carbonyl (C=O) groups excluding carboxylic acids is 3. The van der Waals surface area contributed by atoms with Crippen LogP contribution in [0.25, 0.3) is 11.3 Å². The Bertz CT molecular complexity index is 840. The fourth-order valence-electron chi connectivity index (χ4n) is 2.49. The van der Waals surface area contributed by atoms with Crippen LogP contribution in [0, 0.1) is 0 Å². The molecule has 1 aromatic carbocycles. The molecule has 1 heterocycles. The molecular formula is C19H24N4O5S. The zero-order valence-corrected chi connectivity index (χ0v) is 16.9. The lowest BCUT2D eigenvalue weighted by molar-refractivity contribution is -0.129. The summed E-state index contributed by atoms with van der Waals surface area (Å²) < 4.78 is 4.86. The molecule has 0 radical (unpaired) electrons. The van der Waals surface area contributed by atoms with E-state index in [0.29, 0.717) is 48.8 Å². The number of hydrogen-bond donors (Lipinski definition) is 4. The monoisotopic (exact) mass is 420 g/mol. The van der Waals surface area contributed by atoms with Crippen LogP contribution in [0.5, 0.6) is 0 Å².